The summed E-state index contributed by atoms with van der Waals surface area (Å²) in [7, 11) is 1.69. The minimum Gasteiger partial charge on any atom is -0.465 e. The average Bonchev–Trinajstić information content (AvgIpc) is 3.43. The number of amides is 1. The van der Waals surface area contributed by atoms with E-state index in [1.807, 2.05) is 18.5 Å². The minimum absolute atomic E-state index is 0.164. The summed E-state index contributed by atoms with van der Waals surface area (Å²) in [4.78, 5) is 13.2. The highest BCUT2D eigenvalue weighted by molar-refractivity contribution is 9.10. The van der Waals surface area contributed by atoms with Crippen molar-refractivity contribution in [1.82, 2.24) is 19.8 Å². The molecule has 1 aromatic carbocycles. The van der Waals surface area contributed by atoms with Gasteiger partial charge in [0.25, 0.3) is 0 Å². The van der Waals surface area contributed by atoms with Crippen LogP contribution in [0, 0.1) is 13.8 Å². The van der Waals surface area contributed by atoms with Gasteiger partial charge in [0.2, 0.25) is 0 Å². The predicted molar refractivity (Wildman–Crippen MR) is 120 cm³/mol. The van der Waals surface area contributed by atoms with E-state index in [9.17, 15) is 9.90 Å². The summed E-state index contributed by atoms with van der Waals surface area (Å²) in [6.45, 7) is 5.70. The van der Waals surface area contributed by atoms with Crippen LogP contribution < -0.4 is 0 Å². The molecule has 1 N–H and O–H groups in total. The molecule has 2 aromatic heterocycles. The molecule has 0 bridgehead atoms. The molecule has 8 nitrogen and oxygen atoms in total. The lowest BCUT2D eigenvalue weighted by molar-refractivity contribution is 0.142. The van der Waals surface area contributed by atoms with Gasteiger partial charge in [0.05, 0.1) is 11.2 Å². The van der Waals surface area contributed by atoms with Crippen molar-refractivity contribution in [2.45, 2.75) is 52.1 Å². The number of fused-ring (bicyclic) bond motifs is 1. The Morgan fingerprint density at radius 3 is 2.77 bits per heavy atom. The third kappa shape index (κ3) is 4.48. The first-order chi connectivity index (χ1) is 14.9. The molecule has 1 saturated carbocycles. The Hall–Kier alpha value is -2.39. The zero-order chi connectivity index (χ0) is 22.1. The Labute approximate surface area is 189 Å². The topological polar surface area (TPSA) is 93.6 Å². The molecular weight excluding hydrogens is 464 g/mol. The maximum absolute atomic E-state index is 11.6. The zero-order valence-electron chi connectivity index (χ0n) is 18.0. The van der Waals surface area contributed by atoms with E-state index >= 15 is 0 Å². The largest absolute Gasteiger partial charge is 0.465 e. The molecule has 166 valence electrons. The molecule has 4 rings (SSSR count). The van der Waals surface area contributed by atoms with Gasteiger partial charge in [0, 0.05) is 43.8 Å². The Balaban J connectivity index is 1.77. The van der Waals surface area contributed by atoms with Crippen LogP contribution in [0.2, 0.25) is 0 Å². The maximum Gasteiger partial charge on any atom is 0.407 e. The molecule has 1 amide bonds. The first-order valence-corrected chi connectivity index (χ1v) is 11.3. The minimum atomic E-state index is -0.845. The van der Waals surface area contributed by atoms with Crippen molar-refractivity contribution in [3.63, 3.8) is 0 Å². The number of benzene rings is 1. The number of hydrogen-bond acceptors (Lipinski definition) is 5. The summed E-state index contributed by atoms with van der Waals surface area (Å²) in [5.74, 6) is 0.750. The fourth-order valence-corrected chi connectivity index (χ4v) is 4.73. The van der Waals surface area contributed by atoms with Crippen LogP contribution in [-0.2, 0) is 17.7 Å². The number of hydrogen-bond donors (Lipinski definition) is 1. The summed E-state index contributed by atoms with van der Waals surface area (Å²) in [6.07, 6.45) is 2.54. The first kappa shape index (κ1) is 21.8. The second kappa shape index (κ2) is 9.00. The number of aromatic nitrogens is 3. The molecule has 0 radical (unpaired) electrons. The second-order valence-electron chi connectivity index (χ2n) is 8.05. The standard InChI is InChI=1S/C22H27BrN4O4/c1-13-19(14(2)31-25-13)17-11-15(7-9-26(22(28)29)16-5-6-16)12-18-20(17)21(23)24-27(18)8-4-10-30-3/h11-12,16H,4-10H2,1-3H3,(H,28,29). The lowest BCUT2D eigenvalue weighted by Crippen LogP contribution is -2.33. The monoisotopic (exact) mass is 490 g/mol. The van der Waals surface area contributed by atoms with Crippen molar-refractivity contribution in [2.24, 2.45) is 0 Å². The number of halogens is 1. The van der Waals surface area contributed by atoms with Crippen molar-refractivity contribution in [2.75, 3.05) is 20.3 Å². The van der Waals surface area contributed by atoms with E-state index in [4.69, 9.17) is 14.4 Å². The van der Waals surface area contributed by atoms with Gasteiger partial charge in [-0.3, -0.25) is 4.68 Å². The molecule has 1 aliphatic rings. The number of rotatable bonds is 9. The van der Waals surface area contributed by atoms with Gasteiger partial charge in [0.15, 0.2) is 0 Å². The van der Waals surface area contributed by atoms with Crippen LogP contribution in [0.3, 0.4) is 0 Å². The Kier molecular flexibility index (Phi) is 6.34. The number of nitrogens with zero attached hydrogens (tertiary/aromatic N) is 4. The molecule has 1 fully saturated rings. The van der Waals surface area contributed by atoms with Crippen LogP contribution in [0.5, 0.6) is 0 Å². The summed E-state index contributed by atoms with van der Waals surface area (Å²) >= 11 is 3.65. The number of aryl methyl sites for hydroxylation is 3. The van der Waals surface area contributed by atoms with E-state index in [1.165, 1.54) is 0 Å². The molecule has 31 heavy (non-hydrogen) atoms. The molecule has 9 heteroatoms. The summed E-state index contributed by atoms with van der Waals surface area (Å²) < 4.78 is 13.4. The second-order valence-corrected chi connectivity index (χ2v) is 8.81. The number of methoxy groups -OCH3 is 1. The fraction of sp³-hybridized carbons (Fsp3) is 0.500. The molecule has 0 unspecified atom stereocenters. The van der Waals surface area contributed by atoms with Gasteiger partial charge in [-0.1, -0.05) is 11.2 Å². The van der Waals surface area contributed by atoms with Crippen molar-refractivity contribution < 1.29 is 19.2 Å². The molecule has 2 heterocycles. The summed E-state index contributed by atoms with van der Waals surface area (Å²) in [6, 6.07) is 4.40. The zero-order valence-corrected chi connectivity index (χ0v) is 19.6. The van der Waals surface area contributed by atoms with Crippen molar-refractivity contribution in [3.8, 4) is 11.1 Å². The van der Waals surface area contributed by atoms with Crippen molar-refractivity contribution >= 4 is 32.9 Å². The van der Waals surface area contributed by atoms with E-state index < -0.39 is 6.09 Å². The van der Waals surface area contributed by atoms with Crippen molar-refractivity contribution in [3.05, 3.63) is 33.8 Å². The van der Waals surface area contributed by atoms with Crippen LogP contribution in [0.25, 0.3) is 22.0 Å². The maximum atomic E-state index is 11.6. The lowest BCUT2D eigenvalue weighted by Gasteiger charge is -2.19. The quantitative estimate of drug-likeness (QED) is 0.433. The summed E-state index contributed by atoms with van der Waals surface area (Å²) in [5.41, 5.74) is 4.85. The highest BCUT2D eigenvalue weighted by atomic mass is 79.9. The highest BCUT2D eigenvalue weighted by Crippen LogP contribution is 2.38. The van der Waals surface area contributed by atoms with Crippen LogP contribution >= 0.6 is 15.9 Å². The van der Waals surface area contributed by atoms with Gasteiger partial charge in [-0.15, -0.1) is 0 Å². The van der Waals surface area contributed by atoms with Gasteiger partial charge in [-0.2, -0.15) is 5.10 Å². The van der Waals surface area contributed by atoms with Gasteiger partial charge >= 0.3 is 6.09 Å². The van der Waals surface area contributed by atoms with Crippen LogP contribution in [-0.4, -0.2) is 57.3 Å². The van der Waals surface area contributed by atoms with E-state index in [0.717, 1.165) is 69.5 Å². The SMILES string of the molecule is COCCCn1nc(Br)c2c(-c3c(C)noc3C)cc(CCN(C(=O)O)C3CC3)cc21. The van der Waals surface area contributed by atoms with Gasteiger partial charge in [0.1, 0.15) is 10.4 Å². The van der Waals surface area contributed by atoms with E-state index in [2.05, 4.69) is 33.2 Å². The summed E-state index contributed by atoms with van der Waals surface area (Å²) in [5, 5.41) is 19.4. The highest BCUT2D eigenvalue weighted by Gasteiger charge is 2.32. The fourth-order valence-electron chi connectivity index (χ4n) is 4.12. The van der Waals surface area contributed by atoms with Gasteiger partial charge < -0.3 is 19.3 Å². The first-order valence-electron chi connectivity index (χ1n) is 10.5. The number of carboxylic acid groups (broad SMARTS) is 1. The molecule has 0 atom stereocenters. The third-order valence-corrected chi connectivity index (χ3v) is 6.32. The van der Waals surface area contributed by atoms with Crippen LogP contribution in [0.15, 0.2) is 21.3 Å². The molecular formula is C22H27BrN4O4. The Bertz CT molecular complexity index is 1080. The van der Waals surface area contributed by atoms with Crippen LogP contribution in [0.1, 0.15) is 36.3 Å². The predicted octanol–water partition coefficient (Wildman–Crippen LogP) is 4.79. The number of carbonyl (C=O) groups is 1. The van der Waals surface area contributed by atoms with Crippen molar-refractivity contribution in [1.29, 1.82) is 0 Å². The molecule has 0 saturated heterocycles. The lowest BCUT2D eigenvalue weighted by atomic mass is 9.96. The van der Waals surface area contributed by atoms with E-state index in [0.29, 0.717) is 19.6 Å². The smallest absolute Gasteiger partial charge is 0.407 e. The number of ether oxygens (including phenoxy) is 1. The van der Waals surface area contributed by atoms with Gasteiger partial charge in [-0.25, -0.2) is 4.79 Å². The Morgan fingerprint density at radius 1 is 1.39 bits per heavy atom. The average molecular weight is 491 g/mol. The molecule has 1 aliphatic carbocycles. The van der Waals surface area contributed by atoms with E-state index in [1.54, 1.807) is 12.0 Å². The normalized spacial score (nSPS) is 13.8. The molecule has 0 aliphatic heterocycles. The van der Waals surface area contributed by atoms with Gasteiger partial charge in [-0.05, 0) is 72.7 Å². The van der Waals surface area contributed by atoms with Crippen LogP contribution in [0.4, 0.5) is 4.79 Å². The molecule has 3 aromatic rings. The molecule has 0 spiro atoms. The third-order valence-electron chi connectivity index (χ3n) is 5.77. The Morgan fingerprint density at radius 2 is 2.16 bits per heavy atom. The van der Waals surface area contributed by atoms with E-state index in [-0.39, 0.29) is 6.04 Å².